The SMILES string of the molecule is C#CCC[C@@H](C(=O)O)c1ccc(N=C(N)N)cc1. The number of carbonyl (C=O) groups is 1. The molecule has 0 aromatic heterocycles. The summed E-state index contributed by atoms with van der Waals surface area (Å²) >= 11 is 0. The summed E-state index contributed by atoms with van der Waals surface area (Å²) in [5, 5.41) is 9.13. The van der Waals surface area contributed by atoms with Crippen LogP contribution in [0, 0.1) is 12.3 Å². The van der Waals surface area contributed by atoms with E-state index < -0.39 is 11.9 Å². The Kier molecular flexibility index (Phi) is 4.76. The first-order valence-electron chi connectivity index (χ1n) is 5.40. The van der Waals surface area contributed by atoms with Gasteiger partial charge in [0.05, 0.1) is 11.6 Å². The summed E-state index contributed by atoms with van der Waals surface area (Å²) in [5.41, 5.74) is 11.8. The third-order valence-electron chi connectivity index (χ3n) is 2.43. The maximum absolute atomic E-state index is 11.1. The van der Waals surface area contributed by atoms with E-state index in [1.807, 2.05) is 0 Å². The van der Waals surface area contributed by atoms with Crippen molar-refractivity contribution >= 4 is 17.6 Å². The first kappa shape index (κ1) is 13.6. The van der Waals surface area contributed by atoms with Crippen LogP contribution in [0.15, 0.2) is 29.3 Å². The summed E-state index contributed by atoms with van der Waals surface area (Å²) in [6.07, 6.45) is 5.98. The number of carboxylic acids is 1. The molecule has 0 aliphatic heterocycles. The third-order valence-corrected chi connectivity index (χ3v) is 2.43. The van der Waals surface area contributed by atoms with Gasteiger partial charge in [0.25, 0.3) is 0 Å². The molecule has 0 aliphatic carbocycles. The van der Waals surface area contributed by atoms with Gasteiger partial charge in [-0.15, -0.1) is 12.3 Å². The van der Waals surface area contributed by atoms with E-state index in [1.165, 1.54) is 0 Å². The molecular weight excluding hydrogens is 230 g/mol. The largest absolute Gasteiger partial charge is 0.481 e. The first-order chi connectivity index (χ1) is 8.54. The Morgan fingerprint density at radius 1 is 1.39 bits per heavy atom. The number of terminal acetylenes is 1. The number of nitrogens with zero attached hydrogens (tertiary/aromatic N) is 1. The lowest BCUT2D eigenvalue weighted by Gasteiger charge is -2.11. The van der Waals surface area contributed by atoms with Crippen molar-refractivity contribution in [2.75, 3.05) is 0 Å². The van der Waals surface area contributed by atoms with Crippen LogP contribution >= 0.6 is 0 Å². The fourth-order valence-corrected chi connectivity index (χ4v) is 1.59. The fourth-order valence-electron chi connectivity index (χ4n) is 1.59. The maximum Gasteiger partial charge on any atom is 0.311 e. The van der Waals surface area contributed by atoms with E-state index in [2.05, 4.69) is 10.9 Å². The Morgan fingerprint density at radius 3 is 2.44 bits per heavy atom. The van der Waals surface area contributed by atoms with Crippen molar-refractivity contribution in [3.8, 4) is 12.3 Å². The molecule has 18 heavy (non-hydrogen) atoms. The number of guanidine groups is 1. The van der Waals surface area contributed by atoms with E-state index in [9.17, 15) is 4.79 Å². The molecule has 0 aliphatic rings. The van der Waals surface area contributed by atoms with Gasteiger partial charge in [-0.05, 0) is 24.1 Å². The van der Waals surface area contributed by atoms with Crippen LogP contribution in [0.1, 0.15) is 24.3 Å². The zero-order valence-corrected chi connectivity index (χ0v) is 9.84. The average Bonchev–Trinajstić information content (AvgIpc) is 2.30. The standard InChI is InChI=1S/C13H15N3O2/c1-2-3-4-11(12(17)18)9-5-7-10(8-6-9)16-13(14)15/h1,5-8,11H,3-4H2,(H,17,18)(H4,14,15,16)/t11-/m1/s1. The Hall–Kier alpha value is -2.48. The molecule has 0 radical (unpaired) electrons. The van der Waals surface area contributed by atoms with Crippen LogP contribution in [-0.2, 0) is 4.79 Å². The van der Waals surface area contributed by atoms with Gasteiger partial charge in [-0.25, -0.2) is 4.99 Å². The second-order valence-electron chi connectivity index (χ2n) is 3.76. The van der Waals surface area contributed by atoms with E-state index in [4.69, 9.17) is 23.0 Å². The van der Waals surface area contributed by atoms with E-state index in [1.54, 1.807) is 24.3 Å². The van der Waals surface area contributed by atoms with E-state index >= 15 is 0 Å². The van der Waals surface area contributed by atoms with Crippen LogP contribution in [0.2, 0.25) is 0 Å². The van der Waals surface area contributed by atoms with Gasteiger partial charge in [-0.1, -0.05) is 12.1 Å². The van der Waals surface area contributed by atoms with Gasteiger partial charge in [-0.2, -0.15) is 0 Å². The van der Waals surface area contributed by atoms with Crippen LogP contribution in [-0.4, -0.2) is 17.0 Å². The zero-order valence-electron chi connectivity index (χ0n) is 9.84. The zero-order chi connectivity index (χ0) is 13.5. The molecule has 5 nitrogen and oxygen atoms in total. The van der Waals surface area contributed by atoms with Crippen LogP contribution in [0.5, 0.6) is 0 Å². The van der Waals surface area contributed by atoms with E-state index in [0.29, 0.717) is 24.1 Å². The summed E-state index contributed by atoms with van der Waals surface area (Å²) in [5.74, 6) is 0.913. The molecule has 0 unspecified atom stereocenters. The number of hydrogen-bond donors (Lipinski definition) is 3. The van der Waals surface area contributed by atoms with Gasteiger partial charge < -0.3 is 16.6 Å². The van der Waals surface area contributed by atoms with Gasteiger partial charge in [0.15, 0.2) is 5.96 Å². The minimum atomic E-state index is -0.889. The molecular formula is C13H15N3O2. The van der Waals surface area contributed by atoms with E-state index in [-0.39, 0.29) is 5.96 Å². The van der Waals surface area contributed by atoms with Crippen LogP contribution in [0.25, 0.3) is 0 Å². The average molecular weight is 245 g/mol. The van der Waals surface area contributed by atoms with Crippen LogP contribution in [0.4, 0.5) is 5.69 Å². The normalized spacial score (nSPS) is 11.3. The first-order valence-corrected chi connectivity index (χ1v) is 5.40. The quantitative estimate of drug-likeness (QED) is 0.411. The Labute approximate surface area is 106 Å². The number of aliphatic carboxylic acids is 1. The lowest BCUT2D eigenvalue weighted by molar-refractivity contribution is -0.138. The Balaban J connectivity index is 2.91. The second kappa shape index (κ2) is 6.30. The Bertz CT molecular complexity index is 482. The highest BCUT2D eigenvalue weighted by Gasteiger charge is 2.18. The highest BCUT2D eigenvalue weighted by Crippen LogP contribution is 2.24. The monoisotopic (exact) mass is 245 g/mol. The summed E-state index contributed by atoms with van der Waals surface area (Å²) in [7, 11) is 0. The lowest BCUT2D eigenvalue weighted by Crippen LogP contribution is -2.21. The maximum atomic E-state index is 11.1. The molecule has 1 atom stereocenters. The van der Waals surface area contributed by atoms with Gasteiger partial charge in [0.1, 0.15) is 0 Å². The summed E-state index contributed by atoms with van der Waals surface area (Å²) < 4.78 is 0. The van der Waals surface area contributed by atoms with Crippen molar-refractivity contribution in [3.63, 3.8) is 0 Å². The number of nitrogens with two attached hydrogens (primary N) is 2. The second-order valence-corrected chi connectivity index (χ2v) is 3.76. The van der Waals surface area contributed by atoms with Crippen LogP contribution in [0.3, 0.4) is 0 Å². The molecule has 1 rings (SSSR count). The predicted molar refractivity (Wildman–Crippen MR) is 70.4 cm³/mol. The van der Waals surface area contributed by atoms with Crippen molar-refractivity contribution in [1.29, 1.82) is 0 Å². The Morgan fingerprint density at radius 2 is 2.00 bits per heavy atom. The molecule has 0 bridgehead atoms. The van der Waals surface area contributed by atoms with Crippen molar-refractivity contribution in [2.24, 2.45) is 16.5 Å². The molecule has 0 fully saturated rings. The number of benzene rings is 1. The molecule has 0 saturated heterocycles. The van der Waals surface area contributed by atoms with Gasteiger partial charge in [0, 0.05) is 6.42 Å². The number of rotatable bonds is 5. The predicted octanol–water partition coefficient (Wildman–Crippen LogP) is 1.17. The molecule has 1 aromatic carbocycles. The minimum absolute atomic E-state index is 0.0372. The van der Waals surface area contributed by atoms with Gasteiger partial charge in [0.2, 0.25) is 0 Å². The molecule has 94 valence electrons. The number of hydrogen-bond acceptors (Lipinski definition) is 2. The molecule has 5 heteroatoms. The lowest BCUT2D eigenvalue weighted by atomic mass is 9.94. The summed E-state index contributed by atoms with van der Waals surface area (Å²) in [6.45, 7) is 0. The van der Waals surface area contributed by atoms with E-state index in [0.717, 1.165) is 0 Å². The molecule has 0 spiro atoms. The third kappa shape index (κ3) is 3.83. The summed E-state index contributed by atoms with van der Waals surface area (Å²) in [4.78, 5) is 15.0. The molecule has 0 saturated carbocycles. The van der Waals surface area contributed by atoms with Crippen molar-refractivity contribution in [1.82, 2.24) is 0 Å². The highest BCUT2D eigenvalue weighted by molar-refractivity contribution is 5.79. The smallest absolute Gasteiger partial charge is 0.311 e. The van der Waals surface area contributed by atoms with Crippen LogP contribution < -0.4 is 11.5 Å². The van der Waals surface area contributed by atoms with Gasteiger partial charge in [-0.3, -0.25) is 4.79 Å². The van der Waals surface area contributed by atoms with Gasteiger partial charge >= 0.3 is 5.97 Å². The number of aliphatic imine (C=N–C) groups is 1. The number of carboxylic acid groups (broad SMARTS) is 1. The highest BCUT2D eigenvalue weighted by atomic mass is 16.4. The minimum Gasteiger partial charge on any atom is -0.481 e. The summed E-state index contributed by atoms with van der Waals surface area (Å²) in [6, 6.07) is 6.72. The van der Waals surface area contributed by atoms with Crippen molar-refractivity contribution in [2.45, 2.75) is 18.8 Å². The van der Waals surface area contributed by atoms with Crippen molar-refractivity contribution < 1.29 is 9.90 Å². The van der Waals surface area contributed by atoms with Crippen molar-refractivity contribution in [3.05, 3.63) is 29.8 Å². The molecule has 5 N–H and O–H groups in total. The molecule has 0 amide bonds. The topological polar surface area (TPSA) is 102 Å². The molecule has 1 aromatic rings. The molecule has 0 heterocycles. The fraction of sp³-hybridized carbons (Fsp3) is 0.231.